The van der Waals surface area contributed by atoms with Crippen LogP contribution in [-0.2, 0) is 6.54 Å². The number of hydroxylamine groups is 1. The standard InChI is InChI=1S/C20H19FN6O2/c21-13-2-4-17-11(5-13)1-3-14(25-17)8-22-18-15-9-27(10-16(15)18)20-23-6-12(7-24-20)19(28)26-29/h1-7,15-16,18,22,29H,8-10H2,(H,26,28)/t15-,16?,18?/m0/s1. The average Bonchev–Trinajstić information content (AvgIpc) is 3.20. The fraction of sp³-hybridized carbons (Fsp3) is 0.300. The number of hydrogen-bond acceptors (Lipinski definition) is 7. The zero-order valence-corrected chi connectivity index (χ0v) is 15.4. The van der Waals surface area contributed by atoms with Gasteiger partial charge in [0.25, 0.3) is 5.91 Å². The smallest absolute Gasteiger partial charge is 0.277 e. The van der Waals surface area contributed by atoms with E-state index in [4.69, 9.17) is 5.21 Å². The monoisotopic (exact) mass is 394 g/mol. The maximum Gasteiger partial charge on any atom is 0.277 e. The second-order valence-electron chi connectivity index (χ2n) is 7.49. The van der Waals surface area contributed by atoms with Gasteiger partial charge in [0, 0.05) is 43.5 Å². The van der Waals surface area contributed by atoms with E-state index in [0.717, 1.165) is 29.7 Å². The van der Waals surface area contributed by atoms with E-state index in [-0.39, 0.29) is 11.4 Å². The Hall–Kier alpha value is -3.17. The highest BCUT2D eigenvalue weighted by molar-refractivity contribution is 5.92. The van der Waals surface area contributed by atoms with Gasteiger partial charge >= 0.3 is 0 Å². The minimum absolute atomic E-state index is 0.214. The van der Waals surface area contributed by atoms with Gasteiger partial charge in [-0.05, 0) is 36.1 Å². The number of piperidine rings is 1. The Morgan fingerprint density at radius 3 is 2.66 bits per heavy atom. The molecular weight excluding hydrogens is 375 g/mol. The molecule has 1 saturated heterocycles. The summed E-state index contributed by atoms with van der Waals surface area (Å²) in [7, 11) is 0. The van der Waals surface area contributed by atoms with Crippen LogP contribution in [0, 0.1) is 17.7 Å². The highest BCUT2D eigenvalue weighted by atomic mass is 19.1. The Bertz CT molecular complexity index is 1060. The molecule has 1 aromatic carbocycles. The molecule has 3 atom stereocenters. The van der Waals surface area contributed by atoms with E-state index in [1.54, 1.807) is 11.5 Å². The lowest BCUT2D eigenvalue weighted by molar-refractivity contribution is 0.0705. The van der Waals surface area contributed by atoms with Gasteiger partial charge < -0.3 is 10.2 Å². The number of hydrogen-bond donors (Lipinski definition) is 3. The maximum absolute atomic E-state index is 13.3. The number of amides is 1. The van der Waals surface area contributed by atoms with Crippen LogP contribution in [0.4, 0.5) is 10.3 Å². The van der Waals surface area contributed by atoms with Crippen molar-refractivity contribution in [3.05, 3.63) is 59.8 Å². The Morgan fingerprint density at radius 1 is 1.17 bits per heavy atom. The number of pyridine rings is 1. The fourth-order valence-corrected chi connectivity index (χ4v) is 4.12. The average molecular weight is 394 g/mol. The van der Waals surface area contributed by atoms with Crippen molar-refractivity contribution >= 4 is 22.8 Å². The lowest BCUT2D eigenvalue weighted by Gasteiger charge is -2.20. The third kappa shape index (κ3) is 3.39. The summed E-state index contributed by atoms with van der Waals surface area (Å²) in [6.07, 6.45) is 2.82. The second kappa shape index (κ2) is 7.02. The first-order valence-electron chi connectivity index (χ1n) is 9.42. The minimum atomic E-state index is -0.627. The lowest BCUT2D eigenvalue weighted by Crippen LogP contribution is -2.32. The van der Waals surface area contributed by atoms with Crippen molar-refractivity contribution in [2.45, 2.75) is 12.6 Å². The first-order chi connectivity index (χ1) is 14.1. The molecule has 2 aromatic heterocycles. The van der Waals surface area contributed by atoms with Crippen LogP contribution in [0.15, 0.2) is 42.7 Å². The summed E-state index contributed by atoms with van der Waals surface area (Å²) in [5.41, 5.74) is 3.51. The molecule has 29 heavy (non-hydrogen) atoms. The van der Waals surface area contributed by atoms with Gasteiger partial charge in [-0.25, -0.2) is 19.8 Å². The molecule has 0 radical (unpaired) electrons. The second-order valence-corrected chi connectivity index (χ2v) is 7.49. The molecule has 2 aliphatic rings. The zero-order chi connectivity index (χ0) is 20.0. The molecule has 3 heterocycles. The molecule has 3 aromatic rings. The molecule has 1 amide bonds. The van der Waals surface area contributed by atoms with E-state index in [2.05, 4.69) is 25.2 Å². The zero-order valence-electron chi connectivity index (χ0n) is 15.4. The molecule has 1 saturated carbocycles. The van der Waals surface area contributed by atoms with Crippen molar-refractivity contribution in [3.8, 4) is 0 Å². The molecular formula is C20H19FN6O2. The van der Waals surface area contributed by atoms with Crippen molar-refractivity contribution in [2.24, 2.45) is 11.8 Å². The molecule has 9 heteroatoms. The van der Waals surface area contributed by atoms with E-state index in [0.29, 0.717) is 30.4 Å². The van der Waals surface area contributed by atoms with Crippen LogP contribution in [-0.4, -0.2) is 45.2 Å². The van der Waals surface area contributed by atoms with Crippen molar-refractivity contribution < 1.29 is 14.4 Å². The number of anilines is 1. The topological polar surface area (TPSA) is 103 Å². The van der Waals surface area contributed by atoms with E-state index in [1.807, 2.05) is 12.1 Å². The molecule has 5 rings (SSSR count). The first-order valence-corrected chi connectivity index (χ1v) is 9.42. The molecule has 2 fully saturated rings. The third-order valence-corrected chi connectivity index (χ3v) is 5.71. The van der Waals surface area contributed by atoms with Gasteiger partial charge in [-0.2, -0.15) is 0 Å². The number of fused-ring (bicyclic) bond motifs is 2. The molecule has 0 bridgehead atoms. The van der Waals surface area contributed by atoms with Crippen molar-refractivity contribution in [3.63, 3.8) is 0 Å². The number of aromatic nitrogens is 3. The van der Waals surface area contributed by atoms with Gasteiger partial charge in [-0.3, -0.25) is 15.0 Å². The number of benzene rings is 1. The molecule has 1 aliphatic carbocycles. The third-order valence-electron chi connectivity index (χ3n) is 5.71. The largest absolute Gasteiger partial charge is 0.340 e. The van der Waals surface area contributed by atoms with E-state index in [9.17, 15) is 9.18 Å². The maximum atomic E-state index is 13.3. The van der Waals surface area contributed by atoms with Gasteiger partial charge in [0.2, 0.25) is 5.95 Å². The predicted octanol–water partition coefficient (Wildman–Crippen LogP) is 1.51. The summed E-state index contributed by atoms with van der Waals surface area (Å²) in [6.45, 7) is 2.39. The van der Waals surface area contributed by atoms with Crippen LogP contribution in [0.3, 0.4) is 0 Å². The number of halogens is 1. The van der Waals surface area contributed by atoms with Crippen molar-refractivity contribution in [2.75, 3.05) is 18.0 Å². The summed E-state index contributed by atoms with van der Waals surface area (Å²) >= 11 is 0. The van der Waals surface area contributed by atoms with Gasteiger partial charge in [0.05, 0.1) is 16.8 Å². The van der Waals surface area contributed by atoms with Gasteiger partial charge in [0.1, 0.15) is 5.82 Å². The minimum Gasteiger partial charge on any atom is -0.340 e. The number of rotatable bonds is 5. The molecule has 2 unspecified atom stereocenters. The highest BCUT2D eigenvalue weighted by Gasteiger charge is 2.55. The number of nitrogens with zero attached hydrogens (tertiary/aromatic N) is 4. The summed E-state index contributed by atoms with van der Waals surface area (Å²) in [6, 6.07) is 8.89. The Balaban J connectivity index is 1.16. The van der Waals surface area contributed by atoms with Crippen LogP contribution in [0.25, 0.3) is 10.9 Å². The Morgan fingerprint density at radius 2 is 1.93 bits per heavy atom. The molecule has 8 nitrogen and oxygen atoms in total. The molecule has 0 spiro atoms. The van der Waals surface area contributed by atoms with Gasteiger partial charge in [-0.1, -0.05) is 6.07 Å². The van der Waals surface area contributed by atoms with Crippen molar-refractivity contribution in [1.29, 1.82) is 0 Å². The quantitative estimate of drug-likeness (QED) is 0.445. The van der Waals surface area contributed by atoms with Gasteiger partial charge in [-0.15, -0.1) is 0 Å². The first kappa shape index (κ1) is 17.9. The van der Waals surface area contributed by atoms with Crippen LogP contribution in [0.2, 0.25) is 0 Å². The van der Waals surface area contributed by atoms with E-state index >= 15 is 0 Å². The Labute approximate surface area is 165 Å². The Kier molecular flexibility index (Phi) is 4.33. The number of nitrogens with one attached hydrogen (secondary N) is 2. The van der Waals surface area contributed by atoms with Crippen LogP contribution < -0.4 is 15.7 Å². The molecule has 148 valence electrons. The van der Waals surface area contributed by atoms with E-state index in [1.165, 1.54) is 24.5 Å². The lowest BCUT2D eigenvalue weighted by atomic mass is 10.2. The fourth-order valence-electron chi connectivity index (χ4n) is 4.12. The SMILES string of the molecule is O=C(NO)c1cnc(N2CC3C(NCc4ccc5cc(F)ccc5n4)[C@H]3C2)nc1. The predicted molar refractivity (Wildman–Crippen MR) is 103 cm³/mol. The summed E-state index contributed by atoms with van der Waals surface area (Å²) in [5, 5.41) is 13.0. The number of carbonyl (C=O) groups is 1. The summed E-state index contributed by atoms with van der Waals surface area (Å²) < 4.78 is 13.3. The van der Waals surface area contributed by atoms with Crippen molar-refractivity contribution in [1.82, 2.24) is 25.7 Å². The van der Waals surface area contributed by atoms with Crippen LogP contribution in [0.1, 0.15) is 16.1 Å². The van der Waals surface area contributed by atoms with E-state index < -0.39 is 5.91 Å². The molecule has 1 aliphatic heterocycles. The van der Waals surface area contributed by atoms with Gasteiger partial charge in [0.15, 0.2) is 0 Å². The normalized spacial score (nSPS) is 22.6. The molecule has 3 N–H and O–H groups in total. The van der Waals surface area contributed by atoms with Crippen LogP contribution in [0.5, 0.6) is 0 Å². The highest BCUT2D eigenvalue weighted by Crippen LogP contribution is 2.46. The van der Waals surface area contributed by atoms with Crippen LogP contribution >= 0.6 is 0 Å². The number of carbonyl (C=O) groups excluding carboxylic acids is 1. The summed E-state index contributed by atoms with van der Waals surface area (Å²) in [4.78, 5) is 26.5. The summed E-state index contributed by atoms with van der Waals surface area (Å²) in [5.74, 6) is 0.782.